The van der Waals surface area contributed by atoms with Gasteiger partial charge in [0, 0.05) is 17.6 Å². The number of anilines is 2. The van der Waals surface area contributed by atoms with Crippen LogP contribution < -0.4 is 15.5 Å². The molecule has 0 radical (unpaired) electrons. The molecule has 2 amide bonds. The van der Waals surface area contributed by atoms with Crippen molar-refractivity contribution in [1.82, 2.24) is 10.3 Å². The van der Waals surface area contributed by atoms with Crippen LogP contribution in [0.15, 0.2) is 47.1 Å². The number of amides is 2. The number of pyridine rings is 1. The van der Waals surface area contributed by atoms with Gasteiger partial charge in [0.2, 0.25) is 5.91 Å². The third-order valence-corrected chi connectivity index (χ3v) is 4.18. The highest BCUT2D eigenvalue weighted by Crippen LogP contribution is 2.19. The van der Waals surface area contributed by atoms with E-state index >= 15 is 0 Å². The fraction of sp³-hybridized carbons (Fsp3) is 0.188. The Hall–Kier alpha value is -2.41. The second kappa shape index (κ2) is 6.78. The van der Waals surface area contributed by atoms with Crippen LogP contribution in [0.4, 0.5) is 11.5 Å². The molecule has 2 heterocycles. The smallest absolute Gasteiger partial charge is 0.256 e. The van der Waals surface area contributed by atoms with Crippen molar-refractivity contribution < 1.29 is 9.59 Å². The monoisotopic (exact) mass is 374 g/mol. The van der Waals surface area contributed by atoms with Crippen molar-refractivity contribution in [2.24, 2.45) is 0 Å². The van der Waals surface area contributed by atoms with Gasteiger partial charge < -0.3 is 15.5 Å². The maximum atomic E-state index is 12.2. The fourth-order valence-electron chi connectivity index (χ4n) is 2.32. The van der Waals surface area contributed by atoms with Crippen LogP contribution in [-0.2, 0) is 4.79 Å². The Kier molecular flexibility index (Phi) is 4.57. The van der Waals surface area contributed by atoms with Gasteiger partial charge in [-0.2, -0.15) is 0 Å². The molecule has 1 saturated heterocycles. The summed E-state index contributed by atoms with van der Waals surface area (Å²) in [6.45, 7) is 1.64. The molecular formula is C16H15BrN4O2. The zero-order chi connectivity index (χ0) is 16.2. The number of aromatic nitrogens is 1. The lowest BCUT2D eigenvalue weighted by Crippen LogP contribution is -2.48. The van der Waals surface area contributed by atoms with Crippen LogP contribution >= 0.6 is 15.9 Å². The molecule has 23 heavy (non-hydrogen) atoms. The summed E-state index contributed by atoms with van der Waals surface area (Å²) in [6.07, 6.45) is 1.59. The number of benzene rings is 1. The van der Waals surface area contributed by atoms with E-state index < -0.39 is 0 Å². The Bertz CT molecular complexity index is 733. The van der Waals surface area contributed by atoms with E-state index in [-0.39, 0.29) is 11.8 Å². The topological polar surface area (TPSA) is 74.3 Å². The van der Waals surface area contributed by atoms with Crippen molar-refractivity contribution in [3.63, 3.8) is 0 Å². The molecule has 0 saturated carbocycles. The van der Waals surface area contributed by atoms with Crippen LogP contribution in [0, 0.1) is 0 Å². The molecule has 0 aliphatic carbocycles. The number of rotatable bonds is 3. The highest BCUT2D eigenvalue weighted by atomic mass is 79.9. The zero-order valence-electron chi connectivity index (χ0n) is 12.3. The molecule has 1 aromatic heterocycles. The molecular weight excluding hydrogens is 360 g/mol. The standard InChI is InChI=1S/C16H15BrN4O2/c17-13-4-2-1-3-12(13)16(23)20-11-5-6-14(19-9-11)21-8-7-18-15(22)10-21/h1-6,9H,7-8,10H2,(H,18,22)(H,20,23). The molecule has 1 fully saturated rings. The molecule has 1 aromatic carbocycles. The molecule has 0 spiro atoms. The van der Waals surface area contributed by atoms with Gasteiger partial charge in [-0.05, 0) is 40.2 Å². The van der Waals surface area contributed by atoms with E-state index in [1.807, 2.05) is 23.1 Å². The van der Waals surface area contributed by atoms with Crippen LogP contribution in [0.5, 0.6) is 0 Å². The fourth-order valence-corrected chi connectivity index (χ4v) is 2.79. The Morgan fingerprint density at radius 3 is 2.78 bits per heavy atom. The van der Waals surface area contributed by atoms with Gasteiger partial charge in [-0.1, -0.05) is 12.1 Å². The molecule has 2 aromatic rings. The molecule has 1 aliphatic heterocycles. The Morgan fingerprint density at radius 1 is 1.26 bits per heavy atom. The van der Waals surface area contributed by atoms with Gasteiger partial charge in [-0.3, -0.25) is 9.59 Å². The third kappa shape index (κ3) is 3.68. The number of nitrogens with one attached hydrogen (secondary N) is 2. The van der Waals surface area contributed by atoms with Crippen molar-refractivity contribution in [2.45, 2.75) is 0 Å². The second-order valence-corrected chi connectivity index (χ2v) is 5.96. The molecule has 3 rings (SSSR count). The van der Waals surface area contributed by atoms with Crippen molar-refractivity contribution in [1.29, 1.82) is 0 Å². The average Bonchev–Trinajstić information content (AvgIpc) is 2.56. The van der Waals surface area contributed by atoms with E-state index in [1.165, 1.54) is 0 Å². The van der Waals surface area contributed by atoms with Gasteiger partial charge >= 0.3 is 0 Å². The lowest BCUT2D eigenvalue weighted by atomic mass is 10.2. The first-order chi connectivity index (χ1) is 11.1. The highest BCUT2D eigenvalue weighted by Gasteiger charge is 2.17. The Labute approximate surface area is 142 Å². The first-order valence-corrected chi connectivity index (χ1v) is 7.96. The number of carbonyl (C=O) groups is 2. The number of hydrogen-bond donors (Lipinski definition) is 2. The number of nitrogens with zero attached hydrogens (tertiary/aromatic N) is 2. The van der Waals surface area contributed by atoms with Crippen LogP contribution in [0.1, 0.15) is 10.4 Å². The van der Waals surface area contributed by atoms with Crippen LogP contribution in [0.25, 0.3) is 0 Å². The summed E-state index contributed by atoms with van der Waals surface area (Å²) in [5, 5.41) is 5.58. The quantitative estimate of drug-likeness (QED) is 0.861. The first kappa shape index (κ1) is 15.5. The van der Waals surface area contributed by atoms with Gasteiger partial charge in [0.25, 0.3) is 5.91 Å². The summed E-state index contributed by atoms with van der Waals surface area (Å²) in [6, 6.07) is 10.8. The normalized spacial score (nSPS) is 14.3. The molecule has 0 atom stereocenters. The number of hydrogen-bond acceptors (Lipinski definition) is 4. The SMILES string of the molecule is O=C1CN(c2ccc(NC(=O)c3ccccc3Br)cn2)CCN1. The largest absolute Gasteiger partial charge is 0.353 e. The minimum Gasteiger partial charge on any atom is -0.353 e. The van der Waals surface area contributed by atoms with Gasteiger partial charge in [-0.15, -0.1) is 0 Å². The molecule has 0 bridgehead atoms. The van der Waals surface area contributed by atoms with E-state index in [2.05, 4.69) is 31.5 Å². The maximum absolute atomic E-state index is 12.2. The minimum absolute atomic E-state index is 0.00985. The summed E-state index contributed by atoms with van der Waals surface area (Å²) >= 11 is 3.36. The van der Waals surface area contributed by atoms with Gasteiger partial charge in [0.1, 0.15) is 5.82 Å². The number of piperazine rings is 1. The van der Waals surface area contributed by atoms with E-state index in [1.54, 1.807) is 24.4 Å². The predicted octanol–water partition coefficient (Wildman–Crippen LogP) is 2.03. The van der Waals surface area contributed by atoms with Crippen LogP contribution in [0.3, 0.4) is 0 Å². The summed E-state index contributed by atoms with van der Waals surface area (Å²) in [5.41, 5.74) is 1.17. The average molecular weight is 375 g/mol. The minimum atomic E-state index is -0.204. The van der Waals surface area contributed by atoms with Gasteiger partial charge in [0.05, 0.1) is 24.0 Å². The van der Waals surface area contributed by atoms with Crippen LogP contribution in [-0.4, -0.2) is 36.4 Å². The molecule has 7 heteroatoms. The molecule has 118 valence electrons. The second-order valence-electron chi connectivity index (χ2n) is 5.11. The zero-order valence-corrected chi connectivity index (χ0v) is 13.8. The third-order valence-electron chi connectivity index (χ3n) is 3.49. The Balaban J connectivity index is 1.69. The van der Waals surface area contributed by atoms with Gasteiger partial charge in [-0.25, -0.2) is 4.98 Å². The van der Waals surface area contributed by atoms with Crippen molar-refractivity contribution in [3.8, 4) is 0 Å². The molecule has 6 nitrogen and oxygen atoms in total. The first-order valence-electron chi connectivity index (χ1n) is 7.17. The lowest BCUT2D eigenvalue weighted by molar-refractivity contribution is -0.120. The van der Waals surface area contributed by atoms with Crippen LogP contribution in [0.2, 0.25) is 0 Å². The molecule has 1 aliphatic rings. The predicted molar refractivity (Wildman–Crippen MR) is 91.6 cm³/mol. The van der Waals surface area contributed by atoms with E-state index in [0.717, 1.165) is 16.8 Å². The van der Waals surface area contributed by atoms with E-state index in [4.69, 9.17) is 0 Å². The maximum Gasteiger partial charge on any atom is 0.256 e. The molecule has 0 unspecified atom stereocenters. The van der Waals surface area contributed by atoms with E-state index in [0.29, 0.717) is 24.3 Å². The van der Waals surface area contributed by atoms with E-state index in [9.17, 15) is 9.59 Å². The van der Waals surface area contributed by atoms with Crippen molar-refractivity contribution in [3.05, 3.63) is 52.6 Å². The van der Waals surface area contributed by atoms with Gasteiger partial charge in [0.15, 0.2) is 0 Å². The lowest BCUT2D eigenvalue weighted by Gasteiger charge is -2.27. The Morgan fingerprint density at radius 2 is 2.09 bits per heavy atom. The van der Waals surface area contributed by atoms with Crippen molar-refractivity contribution in [2.75, 3.05) is 29.9 Å². The number of halogens is 1. The summed E-state index contributed by atoms with van der Waals surface area (Å²) in [5.74, 6) is 0.507. The molecule has 2 N–H and O–H groups in total. The summed E-state index contributed by atoms with van der Waals surface area (Å²) < 4.78 is 0.737. The summed E-state index contributed by atoms with van der Waals surface area (Å²) in [7, 11) is 0. The summed E-state index contributed by atoms with van der Waals surface area (Å²) in [4.78, 5) is 29.9. The van der Waals surface area contributed by atoms with Crippen molar-refractivity contribution >= 4 is 39.2 Å². The highest BCUT2D eigenvalue weighted by molar-refractivity contribution is 9.10. The number of carbonyl (C=O) groups excluding carboxylic acids is 2.